The van der Waals surface area contributed by atoms with Crippen molar-refractivity contribution in [2.24, 2.45) is 0 Å². The van der Waals surface area contributed by atoms with Crippen LogP contribution in [0.4, 0.5) is 13.6 Å². The summed E-state index contributed by atoms with van der Waals surface area (Å²) in [5, 5.41) is 12.1. The maximum Gasteiger partial charge on any atom is 0.318 e. The molecule has 1 aliphatic heterocycles. The number of carbonyl (C=O) groups is 1. The third-order valence-corrected chi connectivity index (χ3v) is 3.24. The number of nitrogens with one attached hydrogen (secondary N) is 1. The van der Waals surface area contributed by atoms with E-state index >= 15 is 0 Å². The molecule has 1 aromatic rings. The second-order valence-corrected chi connectivity index (χ2v) is 5.10. The summed E-state index contributed by atoms with van der Waals surface area (Å²) in [5.41, 5.74) is 0.696. The van der Waals surface area contributed by atoms with Crippen LogP contribution < -0.4 is 5.32 Å². The van der Waals surface area contributed by atoms with Crippen molar-refractivity contribution in [3.05, 3.63) is 29.8 Å². The molecule has 1 aliphatic rings. The number of phenolic OH excluding ortho intramolecular Hbond substituents is 1. The molecule has 2 amide bonds. The van der Waals surface area contributed by atoms with Crippen LogP contribution in [0.1, 0.15) is 18.5 Å². The van der Waals surface area contributed by atoms with Crippen molar-refractivity contribution in [3.63, 3.8) is 0 Å². The number of ether oxygens (including phenoxy) is 1. The fraction of sp³-hybridized carbons (Fsp3) is 0.500. The van der Waals surface area contributed by atoms with Gasteiger partial charge in [-0.1, -0.05) is 12.1 Å². The summed E-state index contributed by atoms with van der Waals surface area (Å²) >= 11 is 0. The third kappa shape index (κ3) is 4.29. The number of benzene rings is 1. The van der Waals surface area contributed by atoms with Gasteiger partial charge in [-0.2, -0.15) is 0 Å². The number of hydrogen-bond acceptors (Lipinski definition) is 3. The molecule has 1 fully saturated rings. The van der Waals surface area contributed by atoms with Crippen molar-refractivity contribution in [2.75, 3.05) is 26.3 Å². The molecule has 7 heteroatoms. The normalized spacial score (nSPS) is 19.7. The van der Waals surface area contributed by atoms with Gasteiger partial charge in [-0.25, -0.2) is 13.6 Å². The minimum absolute atomic E-state index is 0.0864. The molecule has 2 N–H and O–H groups in total. The summed E-state index contributed by atoms with van der Waals surface area (Å²) in [7, 11) is 0. The standard InChI is InChI=1S/C14H18F2N2O3/c1-10(11-3-2-4-12(19)7-11)17-13(20)18-5-6-21-9-14(15,16)8-18/h2-4,7,10,19H,5-6,8-9H2,1H3,(H,17,20)/t10-/m1/s1. The highest BCUT2D eigenvalue weighted by atomic mass is 19.3. The lowest BCUT2D eigenvalue weighted by Crippen LogP contribution is -2.46. The van der Waals surface area contributed by atoms with Gasteiger partial charge in [0.15, 0.2) is 0 Å². The average Bonchev–Trinajstić information content (AvgIpc) is 2.59. The van der Waals surface area contributed by atoms with Crippen molar-refractivity contribution in [3.8, 4) is 5.75 Å². The van der Waals surface area contributed by atoms with Gasteiger partial charge in [-0.05, 0) is 24.6 Å². The smallest absolute Gasteiger partial charge is 0.318 e. The van der Waals surface area contributed by atoms with E-state index in [9.17, 15) is 18.7 Å². The van der Waals surface area contributed by atoms with E-state index in [4.69, 9.17) is 4.74 Å². The van der Waals surface area contributed by atoms with Crippen LogP contribution in [0.15, 0.2) is 24.3 Å². The lowest BCUT2D eigenvalue weighted by molar-refractivity contribution is -0.0652. The second-order valence-electron chi connectivity index (χ2n) is 5.10. The van der Waals surface area contributed by atoms with E-state index in [1.807, 2.05) is 0 Å². The minimum Gasteiger partial charge on any atom is -0.508 e. The van der Waals surface area contributed by atoms with Crippen LogP contribution >= 0.6 is 0 Å². The van der Waals surface area contributed by atoms with Crippen LogP contribution in [0.2, 0.25) is 0 Å². The van der Waals surface area contributed by atoms with Gasteiger partial charge in [0.05, 0.1) is 19.2 Å². The Bertz CT molecular complexity index is 511. The highest BCUT2D eigenvalue weighted by Gasteiger charge is 2.36. The molecule has 116 valence electrons. The maximum atomic E-state index is 13.4. The zero-order chi connectivity index (χ0) is 15.5. The zero-order valence-corrected chi connectivity index (χ0v) is 11.7. The van der Waals surface area contributed by atoms with Crippen molar-refractivity contribution in [2.45, 2.75) is 18.9 Å². The first-order valence-electron chi connectivity index (χ1n) is 6.67. The average molecular weight is 300 g/mol. The fourth-order valence-electron chi connectivity index (χ4n) is 2.13. The van der Waals surface area contributed by atoms with E-state index in [-0.39, 0.29) is 18.9 Å². The molecule has 1 atom stereocenters. The van der Waals surface area contributed by atoms with Gasteiger partial charge in [0, 0.05) is 6.54 Å². The number of nitrogens with zero attached hydrogens (tertiary/aromatic N) is 1. The number of amides is 2. The van der Waals surface area contributed by atoms with Crippen LogP contribution in [-0.4, -0.2) is 48.3 Å². The van der Waals surface area contributed by atoms with Crippen molar-refractivity contribution in [1.29, 1.82) is 0 Å². The number of phenols is 1. The summed E-state index contributed by atoms with van der Waals surface area (Å²) in [4.78, 5) is 13.1. The minimum atomic E-state index is -3.04. The molecule has 0 aromatic heterocycles. The molecule has 0 saturated carbocycles. The van der Waals surface area contributed by atoms with E-state index < -0.39 is 31.1 Å². The third-order valence-electron chi connectivity index (χ3n) is 3.24. The second kappa shape index (κ2) is 6.26. The monoisotopic (exact) mass is 300 g/mol. The molecule has 0 aliphatic carbocycles. The van der Waals surface area contributed by atoms with Crippen molar-refractivity contribution >= 4 is 6.03 Å². The maximum absolute atomic E-state index is 13.4. The van der Waals surface area contributed by atoms with Crippen LogP contribution in [0.25, 0.3) is 0 Å². The zero-order valence-electron chi connectivity index (χ0n) is 11.7. The summed E-state index contributed by atoms with van der Waals surface area (Å²) in [6, 6.07) is 5.46. The van der Waals surface area contributed by atoms with Gasteiger partial charge >= 0.3 is 6.03 Å². The Hall–Kier alpha value is -1.89. The van der Waals surface area contributed by atoms with Crippen LogP contribution in [0.5, 0.6) is 5.75 Å². The predicted octanol–water partition coefficient (Wildman–Crippen LogP) is 2.13. The lowest BCUT2D eigenvalue weighted by Gasteiger charge is -2.25. The summed E-state index contributed by atoms with van der Waals surface area (Å²) in [6.45, 7) is 0.599. The van der Waals surface area contributed by atoms with Crippen LogP contribution in [-0.2, 0) is 4.74 Å². The predicted molar refractivity (Wildman–Crippen MR) is 72.4 cm³/mol. The van der Waals surface area contributed by atoms with E-state index in [0.29, 0.717) is 5.56 Å². The number of carbonyl (C=O) groups excluding carboxylic acids is 1. The molecule has 1 heterocycles. The molecule has 1 aromatic carbocycles. The Labute approximate surface area is 121 Å². The van der Waals surface area contributed by atoms with E-state index in [2.05, 4.69) is 5.32 Å². The molecule has 1 saturated heterocycles. The first-order chi connectivity index (χ1) is 9.87. The molecule has 21 heavy (non-hydrogen) atoms. The van der Waals surface area contributed by atoms with Crippen molar-refractivity contribution in [1.82, 2.24) is 10.2 Å². The molecular weight excluding hydrogens is 282 g/mol. The first kappa shape index (κ1) is 15.5. The Kier molecular flexibility index (Phi) is 4.62. The molecular formula is C14H18F2N2O3. The van der Waals surface area contributed by atoms with Crippen LogP contribution in [0, 0.1) is 0 Å². The summed E-state index contributed by atoms with van der Waals surface area (Å²) in [5.74, 6) is -2.95. The summed E-state index contributed by atoms with van der Waals surface area (Å²) < 4.78 is 31.6. The molecule has 0 unspecified atom stereocenters. The van der Waals surface area contributed by atoms with Gasteiger partial charge in [0.2, 0.25) is 0 Å². The molecule has 5 nitrogen and oxygen atoms in total. The summed E-state index contributed by atoms with van der Waals surface area (Å²) in [6.07, 6.45) is 0. The van der Waals surface area contributed by atoms with Gasteiger partial charge < -0.3 is 20.1 Å². The number of urea groups is 1. The highest BCUT2D eigenvalue weighted by Crippen LogP contribution is 2.20. The van der Waals surface area contributed by atoms with Crippen molar-refractivity contribution < 1.29 is 23.4 Å². The number of rotatable bonds is 2. The Morgan fingerprint density at radius 2 is 2.29 bits per heavy atom. The van der Waals surface area contributed by atoms with Gasteiger partial charge in [0.1, 0.15) is 12.4 Å². The largest absolute Gasteiger partial charge is 0.508 e. The lowest BCUT2D eigenvalue weighted by atomic mass is 10.1. The number of aromatic hydroxyl groups is 1. The van der Waals surface area contributed by atoms with Crippen LogP contribution in [0.3, 0.4) is 0 Å². The van der Waals surface area contributed by atoms with E-state index in [1.165, 1.54) is 12.1 Å². The molecule has 2 rings (SSSR count). The Morgan fingerprint density at radius 1 is 1.52 bits per heavy atom. The van der Waals surface area contributed by atoms with Gasteiger partial charge in [-0.15, -0.1) is 0 Å². The Balaban J connectivity index is 2.00. The molecule has 0 bridgehead atoms. The number of hydrogen-bond donors (Lipinski definition) is 2. The van der Waals surface area contributed by atoms with E-state index in [1.54, 1.807) is 19.1 Å². The fourth-order valence-corrected chi connectivity index (χ4v) is 2.13. The molecule has 0 spiro atoms. The Morgan fingerprint density at radius 3 is 3.00 bits per heavy atom. The highest BCUT2D eigenvalue weighted by molar-refractivity contribution is 5.74. The van der Waals surface area contributed by atoms with Gasteiger partial charge in [0.25, 0.3) is 5.92 Å². The number of halogens is 2. The van der Waals surface area contributed by atoms with Gasteiger partial charge in [-0.3, -0.25) is 0 Å². The first-order valence-corrected chi connectivity index (χ1v) is 6.67. The topological polar surface area (TPSA) is 61.8 Å². The quantitative estimate of drug-likeness (QED) is 0.879. The SMILES string of the molecule is C[C@@H](NC(=O)N1CCOCC(F)(F)C1)c1cccc(O)c1. The number of alkyl halides is 2. The molecule has 0 radical (unpaired) electrons. The van der Waals surface area contributed by atoms with E-state index in [0.717, 1.165) is 4.90 Å².